The molecule has 0 N–H and O–H groups in total. The molecule has 16 heavy (non-hydrogen) atoms. The zero-order valence-electron chi connectivity index (χ0n) is 8.78. The summed E-state index contributed by atoms with van der Waals surface area (Å²) in [5.41, 5.74) is 1.26. The third-order valence-corrected chi connectivity index (χ3v) is 1.18. The van der Waals surface area contributed by atoms with Gasteiger partial charge in [0.05, 0.1) is 13.8 Å². The molecule has 0 saturated carbocycles. The molecule has 1 aromatic rings. The van der Waals surface area contributed by atoms with Gasteiger partial charge < -0.3 is 0 Å². The van der Waals surface area contributed by atoms with Crippen molar-refractivity contribution >= 4 is 7.81 Å². The van der Waals surface area contributed by atoms with Gasteiger partial charge in [-0.25, -0.2) is 4.42 Å². The molecule has 0 atom stereocenters. The number of halogens is 6. The fraction of sp³-hybridized carbons (Fsp3) is 0.375. The third kappa shape index (κ3) is 15.6. The van der Waals surface area contributed by atoms with Crippen LogP contribution in [0.4, 0.5) is 25.2 Å². The van der Waals surface area contributed by atoms with E-state index in [1.165, 1.54) is 5.56 Å². The van der Waals surface area contributed by atoms with Crippen molar-refractivity contribution in [3.63, 3.8) is 0 Å². The Morgan fingerprint density at radius 1 is 0.812 bits per heavy atom. The van der Waals surface area contributed by atoms with Crippen LogP contribution in [0, 0.1) is 20.8 Å². The van der Waals surface area contributed by atoms with Gasteiger partial charge in [0, 0.05) is 12.1 Å². The first-order valence-electron chi connectivity index (χ1n) is 4.08. The summed E-state index contributed by atoms with van der Waals surface area (Å²) in [5, 5.41) is 0. The van der Waals surface area contributed by atoms with E-state index in [2.05, 4.69) is 6.92 Å². The maximum absolute atomic E-state index is 10.7. The van der Waals surface area contributed by atoms with Gasteiger partial charge in [-0.15, -0.1) is 0 Å². The fourth-order valence-corrected chi connectivity index (χ4v) is 0.996. The SMILES string of the molecule is Cc1cc(C)[o+]c(C)c1.F[P-](F)(F)(F)(F)F. The molecule has 1 nitrogen and oxygen atoms in total. The second-order valence-corrected chi connectivity index (χ2v) is 5.23. The van der Waals surface area contributed by atoms with E-state index in [1.807, 2.05) is 26.0 Å². The van der Waals surface area contributed by atoms with E-state index >= 15 is 0 Å². The third-order valence-electron chi connectivity index (χ3n) is 1.18. The molecule has 0 aliphatic carbocycles. The first-order chi connectivity index (χ1) is 6.63. The Kier molecular flexibility index (Phi) is 3.40. The minimum absolute atomic E-state index is 0.979. The number of hydrogen-bond donors (Lipinski definition) is 0. The molecule has 1 aromatic heterocycles. The molecule has 96 valence electrons. The monoisotopic (exact) mass is 268 g/mol. The molecule has 0 spiro atoms. The first-order valence-corrected chi connectivity index (χ1v) is 6.11. The van der Waals surface area contributed by atoms with Gasteiger partial charge in [-0.1, -0.05) is 0 Å². The van der Waals surface area contributed by atoms with Gasteiger partial charge in [0.15, 0.2) is 0 Å². The van der Waals surface area contributed by atoms with Crippen molar-refractivity contribution < 1.29 is 29.6 Å². The van der Waals surface area contributed by atoms with Gasteiger partial charge in [-0.3, -0.25) is 0 Å². The van der Waals surface area contributed by atoms with Crippen LogP contribution in [-0.2, 0) is 0 Å². The summed E-state index contributed by atoms with van der Waals surface area (Å²) in [5.74, 6) is 1.96. The fourth-order valence-electron chi connectivity index (χ4n) is 0.996. The van der Waals surface area contributed by atoms with Crippen LogP contribution >= 0.6 is 7.81 Å². The van der Waals surface area contributed by atoms with Crippen molar-refractivity contribution in [2.24, 2.45) is 0 Å². The Morgan fingerprint density at radius 2 is 1.06 bits per heavy atom. The van der Waals surface area contributed by atoms with Crippen LogP contribution in [0.2, 0.25) is 0 Å². The average molecular weight is 268 g/mol. The average Bonchev–Trinajstić information content (AvgIpc) is 1.73. The normalized spacial score (nSPS) is 15.6. The summed E-state index contributed by atoms with van der Waals surface area (Å²) in [6.07, 6.45) is 0. The maximum atomic E-state index is 9.87. The summed E-state index contributed by atoms with van der Waals surface area (Å²) in [6, 6.07) is 4.04. The Bertz CT molecular complexity index is 320. The molecule has 0 radical (unpaired) electrons. The van der Waals surface area contributed by atoms with Gasteiger partial charge in [0.1, 0.15) is 0 Å². The van der Waals surface area contributed by atoms with E-state index in [-0.39, 0.29) is 0 Å². The quantitative estimate of drug-likeness (QED) is 0.325. The van der Waals surface area contributed by atoms with E-state index in [9.17, 15) is 25.2 Å². The molecular formula is C8H11F6OP. The van der Waals surface area contributed by atoms with E-state index in [0.717, 1.165) is 11.5 Å². The second kappa shape index (κ2) is 3.58. The van der Waals surface area contributed by atoms with Crippen molar-refractivity contribution in [3.05, 3.63) is 29.2 Å². The molecule has 1 heterocycles. The second-order valence-electron chi connectivity index (χ2n) is 3.31. The van der Waals surface area contributed by atoms with Crippen molar-refractivity contribution in [1.82, 2.24) is 0 Å². The van der Waals surface area contributed by atoms with Crippen LogP contribution in [0.1, 0.15) is 17.1 Å². The predicted molar refractivity (Wildman–Crippen MR) is 50.9 cm³/mol. The van der Waals surface area contributed by atoms with E-state index in [0.29, 0.717) is 0 Å². The van der Waals surface area contributed by atoms with Crippen LogP contribution in [0.5, 0.6) is 0 Å². The van der Waals surface area contributed by atoms with E-state index in [1.54, 1.807) is 0 Å². The van der Waals surface area contributed by atoms with Crippen LogP contribution in [0.25, 0.3) is 0 Å². The van der Waals surface area contributed by atoms with Crippen LogP contribution in [0.3, 0.4) is 0 Å². The van der Waals surface area contributed by atoms with Crippen LogP contribution in [0.15, 0.2) is 16.5 Å². The Labute approximate surface area is 88.3 Å². The van der Waals surface area contributed by atoms with Crippen LogP contribution in [-0.4, -0.2) is 0 Å². The van der Waals surface area contributed by atoms with Gasteiger partial charge in [-0.2, -0.15) is 0 Å². The number of hydrogen-bond acceptors (Lipinski definition) is 0. The summed E-state index contributed by atoms with van der Waals surface area (Å²) >= 11 is 0. The number of aryl methyl sites for hydroxylation is 3. The number of rotatable bonds is 0. The molecule has 0 saturated heterocycles. The standard InChI is InChI=1S/C8H11O.F6P/c1-6-4-7(2)9-8(3)5-6;1-7(2,3,4,5)6/h4-5H,1-3H3;/q+1;-1. The summed E-state index contributed by atoms with van der Waals surface area (Å²) < 4.78 is 64.5. The molecule has 0 unspecified atom stereocenters. The van der Waals surface area contributed by atoms with Crippen molar-refractivity contribution in [3.8, 4) is 0 Å². The zero-order chi connectivity index (χ0) is 13.3. The molecule has 8 heteroatoms. The molecule has 0 aliphatic heterocycles. The summed E-state index contributed by atoms with van der Waals surface area (Å²) in [4.78, 5) is 0. The Hall–Kier alpha value is -0.840. The molecule has 0 bridgehead atoms. The van der Waals surface area contributed by atoms with Gasteiger partial charge in [0.25, 0.3) is 0 Å². The molecule has 0 fully saturated rings. The van der Waals surface area contributed by atoms with Crippen molar-refractivity contribution in [2.75, 3.05) is 0 Å². The van der Waals surface area contributed by atoms with Gasteiger partial charge >= 0.3 is 44.5 Å². The van der Waals surface area contributed by atoms with Crippen molar-refractivity contribution in [2.45, 2.75) is 20.8 Å². The molecule has 0 amide bonds. The van der Waals surface area contributed by atoms with Gasteiger partial charge in [-0.05, 0) is 12.5 Å². The van der Waals surface area contributed by atoms with Gasteiger partial charge in [0.2, 0.25) is 0 Å². The first kappa shape index (κ1) is 15.2. The summed E-state index contributed by atoms with van der Waals surface area (Å²) in [7, 11) is -10.7. The predicted octanol–water partition coefficient (Wildman–Crippen LogP) is 5.87. The van der Waals surface area contributed by atoms with Crippen LogP contribution < -0.4 is 0 Å². The Morgan fingerprint density at radius 3 is 1.25 bits per heavy atom. The summed E-state index contributed by atoms with van der Waals surface area (Å²) in [6.45, 7) is 5.98. The van der Waals surface area contributed by atoms with E-state index < -0.39 is 7.81 Å². The zero-order valence-corrected chi connectivity index (χ0v) is 9.67. The topological polar surface area (TPSA) is 11.3 Å². The van der Waals surface area contributed by atoms with E-state index in [4.69, 9.17) is 4.42 Å². The molecule has 0 aromatic carbocycles. The van der Waals surface area contributed by atoms with Crippen molar-refractivity contribution in [1.29, 1.82) is 0 Å². The Balaban J connectivity index is 0.000000293. The molecular weight excluding hydrogens is 257 g/mol. The molecule has 0 aliphatic rings. The minimum atomic E-state index is -10.7. The molecule has 1 rings (SSSR count).